The highest BCUT2D eigenvalue weighted by Crippen LogP contribution is 2.43. The van der Waals surface area contributed by atoms with Crippen LogP contribution in [0.25, 0.3) is 0 Å². The molecule has 13 rings (SSSR count). The Kier molecular flexibility index (Phi) is 29.9. The quantitative estimate of drug-likeness (QED) is 0.0502. The molecule has 1 aromatic heterocycles. The Morgan fingerprint density at radius 3 is 1.19 bits per heavy atom. The molecule has 5 aliphatic rings. The zero-order valence-electron chi connectivity index (χ0n) is 62.2. The molecule has 8 aromatic rings. The number of benzene rings is 7. The zero-order chi connectivity index (χ0) is 81.8. The van der Waals surface area contributed by atoms with E-state index in [9.17, 15) is 66.1 Å². The molecule has 7 aromatic carbocycles. The molecule has 112 heavy (non-hydrogen) atoms. The number of nitrogens with two attached hydrogens (primary N) is 1. The number of amides is 5. The highest BCUT2D eigenvalue weighted by molar-refractivity contribution is 9.11. The van der Waals surface area contributed by atoms with Crippen molar-refractivity contribution in [3.8, 4) is 0 Å². The van der Waals surface area contributed by atoms with Gasteiger partial charge in [-0.05, 0) is 157 Å². The van der Waals surface area contributed by atoms with Gasteiger partial charge in [-0.2, -0.15) is 0 Å². The lowest BCUT2D eigenvalue weighted by molar-refractivity contribution is -0.117. The summed E-state index contributed by atoms with van der Waals surface area (Å²) in [5.41, 5.74) is 8.26. The Morgan fingerprint density at radius 2 is 0.804 bits per heavy atom. The summed E-state index contributed by atoms with van der Waals surface area (Å²) in [4.78, 5) is 71.4. The number of rotatable bonds is 19. The number of halogens is 4. The van der Waals surface area contributed by atoms with E-state index in [1.54, 1.807) is 53.4 Å². The van der Waals surface area contributed by atoms with Gasteiger partial charge in [-0.15, -0.1) is 0 Å². The number of pyridine rings is 1. The van der Waals surface area contributed by atoms with Crippen molar-refractivity contribution in [3.05, 3.63) is 209 Å². The molecule has 0 saturated carbocycles. The summed E-state index contributed by atoms with van der Waals surface area (Å²) in [6.45, 7) is 15.3. The molecule has 598 valence electrons. The third kappa shape index (κ3) is 22.2. The van der Waals surface area contributed by atoms with Crippen LogP contribution in [0.5, 0.6) is 0 Å². The number of nitrogens with one attached hydrogen (secondary N) is 4. The number of nitrogens with zero attached hydrogens (tertiary/aromatic N) is 6. The van der Waals surface area contributed by atoms with Crippen molar-refractivity contribution < 1.29 is 70.8 Å². The Labute approximate surface area is 687 Å². The number of sulfonamides is 5. The first-order valence-corrected chi connectivity index (χ1v) is 46.0. The smallest absolute Gasteiger partial charge is 0.414 e. The summed E-state index contributed by atoms with van der Waals surface area (Å²) in [5, 5.41) is 5.25. The van der Waals surface area contributed by atoms with Gasteiger partial charge >= 0.3 is 6.09 Å². The fourth-order valence-electron chi connectivity index (χ4n) is 12.9. The van der Waals surface area contributed by atoms with Crippen LogP contribution in [0.2, 0.25) is 0 Å². The van der Waals surface area contributed by atoms with E-state index in [1.807, 2.05) is 106 Å². The Hall–Kier alpha value is -7.85. The van der Waals surface area contributed by atoms with E-state index in [0.717, 1.165) is 45.4 Å². The predicted octanol–water partition coefficient (Wildman–Crippen LogP) is 12.2. The topological polar surface area (TPSA) is 369 Å². The molecule has 5 aliphatic heterocycles. The molecular formula is C76H85Br4N11O16S5. The number of hydrogen-bond acceptors (Lipinski definition) is 17. The van der Waals surface area contributed by atoms with Gasteiger partial charge < -0.3 is 24.3 Å². The molecule has 5 amide bonds. The van der Waals surface area contributed by atoms with E-state index in [-0.39, 0.29) is 67.1 Å². The Balaban J connectivity index is 0.000000161. The van der Waals surface area contributed by atoms with E-state index in [0.29, 0.717) is 137 Å². The predicted molar refractivity (Wildman–Crippen MR) is 445 cm³/mol. The first-order valence-electron chi connectivity index (χ1n) is 35.3. The van der Waals surface area contributed by atoms with E-state index < -0.39 is 56.2 Å². The van der Waals surface area contributed by atoms with Crippen LogP contribution >= 0.6 is 63.7 Å². The lowest BCUT2D eigenvalue weighted by Crippen LogP contribution is -2.31. The number of aromatic nitrogens is 1. The SMILES string of the molecule is CC(=O)N1CCc2cc(Br)cc(S(=O)(=O)NCCC(C)C)c21.CC(=O)N1CCc2cc(Br)cc(S(=O)(=O)NCc3ccccc3)c21.CC(=O)N1CCc2cc(Br)cc(S(=O)(=O)Nc3ccccn3)c21.CCCNS(=O)(=O)c1cc(Br)cc2c1N(C(C)=O)CC2.NS(=O)(=O)c1cccc2c1N(C(=O)OCc1ccccc1)CC2. The molecule has 0 spiro atoms. The third-order valence-corrected chi connectivity index (χ3v) is 26.6. The van der Waals surface area contributed by atoms with Gasteiger partial charge in [0.2, 0.25) is 63.7 Å². The second-order valence-electron chi connectivity index (χ2n) is 26.7. The number of fused-ring (bicyclic) bond motifs is 5. The molecule has 27 nitrogen and oxygen atoms in total. The average molecular weight is 1890 g/mol. The molecule has 0 radical (unpaired) electrons. The van der Waals surface area contributed by atoms with Crippen LogP contribution in [0.3, 0.4) is 0 Å². The fraction of sp³-hybridized carbons (Fsp3) is 0.316. The van der Waals surface area contributed by atoms with Crippen LogP contribution in [0.15, 0.2) is 194 Å². The van der Waals surface area contributed by atoms with Gasteiger partial charge in [-0.25, -0.2) is 71.2 Å². The first-order chi connectivity index (χ1) is 52.8. The molecule has 6 N–H and O–H groups in total. The number of hydrogen-bond donors (Lipinski definition) is 5. The third-order valence-electron chi connectivity index (χ3n) is 18.1. The van der Waals surface area contributed by atoms with Crippen LogP contribution < -0.4 is 48.5 Å². The Bertz CT molecular complexity index is 5470. The molecule has 0 saturated heterocycles. The van der Waals surface area contributed by atoms with Crippen LogP contribution in [0.4, 0.5) is 39.0 Å². The van der Waals surface area contributed by atoms with Gasteiger partial charge in [0, 0.05) is 104 Å². The number of carbonyl (C=O) groups excluding carboxylic acids is 5. The number of carbonyl (C=O) groups is 5. The van der Waals surface area contributed by atoms with E-state index >= 15 is 0 Å². The molecule has 0 fully saturated rings. The van der Waals surface area contributed by atoms with Crippen LogP contribution in [0.1, 0.15) is 100 Å². The fourth-order valence-corrected chi connectivity index (χ4v) is 21.6. The second-order valence-corrected chi connectivity index (χ2v) is 38.7. The molecule has 0 unspecified atom stereocenters. The van der Waals surface area contributed by atoms with E-state index in [4.69, 9.17) is 9.88 Å². The van der Waals surface area contributed by atoms with Gasteiger partial charge in [0.25, 0.3) is 10.0 Å². The van der Waals surface area contributed by atoms with Crippen LogP contribution in [-0.2, 0) is 119 Å². The lowest BCUT2D eigenvalue weighted by atomic mass is 10.1. The Morgan fingerprint density at radius 1 is 0.438 bits per heavy atom. The minimum Gasteiger partial charge on any atom is -0.444 e. The summed E-state index contributed by atoms with van der Waals surface area (Å²) in [5.74, 6) is 0.0342. The molecule has 36 heteroatoms. The van der Waals surface area contributed by atoms with Crippen molar-refractivity contribution in [2.75, 3.05) is 75.0 Å². The van der Waals surface area contributed by atoms with Crippen LogP contribution in [-0.4, -0.2) is 123 Å². The van der Waals surface area contributed by atoms with E-state index in [2.05, 4.69) is 87.6 Å². The number of para-hydroxylation sites is 1. The van der Waals surface area contributed by atoms with Crippen molar-refractivity contribution >= 4 is 178 Å². The van der Waals surface area contributed by atoms with Crippen molar-refractivity contribution in [2.45, 2.75) is 131 Å². The summed E-state index contributed by atoms with van der Waals surface area (Å²) >= 11 is 13.4. The minimum atomic E-state index is -3.91. The number of ether oxygens (including phenoxy) is 1. The van der Waals surface area contributed by atoms with E-state index in [1.165, 1.54) is 65.6 Å². The van der Waals surface area contributed by atoms with Crippen molar-refractivity contribution in [3.63, 3.8) is 0 Å². The van der Waals surface area contributed by atoms with Gasteiger partial charge in [0.05, 0.1) is 28.4 Å². The van der Waals surface area contributed by atoms with Gasteiger partial charge in [-0.1, -0.05) is 163 Å². The standard InChI is InChI=1S/C17H17BrN2O3S.C16H16N2O4S.C15H14BrN3O3S.C15H21BrN2O3S.C13H17BrN2O3S/c1-12(21)20-8-7-14-9-15(18)10-16(17(14)20)24(22,23)19-11-13-5-3-2-4-6-13;17-23(20,21)14-8-4-7-13-9-10-18(15(13)14)16(19)22-11-12-5-2-1-3-6-12;1-10(20)19-7-5-11-8-12(16)9-13(15(11)19)23(21,22)18-14-4-2-3-6-17-14;1-10(2)4-6-17-22(20,21)14-9-13(16)8-12-5-7-18(11(3)19)15(12)14;1-3-5-15-20(18,19)12-8-11(14)7-10-4-6-16(9(2)17)13(10)12/h2-6,9-10,19H,7-8,11H2,1H3;1-8H,9-11H2,(H2,17,20,21);2-4,6,8-9H,5,7H2,1H3,(H,17,18);8-10,17H,4-7H2,1-3H3;7-8,15H,3-6H2,1-2H3. The van der Waals surface area contributed by atoms with Gasteiger partial charge in [0.15, 0.2) is 0 Å². The monoisotopic (exact) mass is 1880 g/mol. The van der Waals surface area contributed by atoms with Crippen LogP contribution in [0, 0.1) is 5.92 Å². The van der Waals surface area contributed by atoms with Crippen molar-refractivity contribution in [2.24, 2.45) is 11.1 Å². The molecule has 0 atom stereocenters. The van der Waals surface area contributed by atoms with Gasteiger partial charge in [0.1, 0.15) is 36.9 Å². The maximum Gasteiger partial charge on any atom is 0.414 e. The molecular weight excluding hydrogens is 1800 g/mol. The first kappa shape index (κ1) is 88.1. The van der Waals surface area contributed by atoms with Crippen molar-refractivity contribution in [1.29, 1.82) is 0 Å². The summed E-state index contributed by atoms with van der Waals surface area (Å²) in [7, 11) is -18.8. The molecule has 0 aliphatic carbocycles. The normalized spacial score (nSPS) is 14.0. The maximum absolute atomic E-state index is 12.8. The summed E-state index contributed by atoms with van der Waals surface area (Å²) in [6, 6.07) is 42.0. The lowest BCUT2D eigenvalue weighted by Gasteiger charge is -2.19. The largest absolute Gasteiger partial charge is 0.444 e. The second kappa shape index (κ2) is 38.1. The highest BCUT2D eigenvalue weighted by atomic mass is 79.9. The average Bonchev–Trinajstić information content (AvgIpc) is 1.73. The maximum atomic E-state index is 12.8. The summed E-state index contributed by atoms with van der Waals surface area (Å²) < 4.78 is 143. The number of primary sulfonamides is 1. The number of anilines is 6. The minimum absolute atomic E-state index is 0.0517. The zero-order valence-corrected chi connectivity index (χ0v) is 72.6. The van der Waals surface area contributed by atoms with Gasteiger partial charge in [-0.3, -0.25) is 28.8 Å². The van der Waals surface area contributed by atoms with Crippen molar-refractivity contribution in [1.82, 2.24) is 19.2 Å². The highest BCUT2D eigenvalue weighted by Gasteiger charge is 2.37. The summed E-state index contributed by atoms with van der Waals surface area (Å²) in [6.07, 6.45) is 5.59. The molecule has 0 bridgehead atoms. The molecule has 6 heterocycles.